The molecule has 4 nitrogen and oxygen atoms in total. The molecule has 0 saturated heterocycles. The maximum atomic E-state index is 12.2. The third-order valence-electron chi connectivity index (χ3n) is 2.80. The lowest BCUT2D eigenvalue weighted by atomic mass is 10.3. The third-order valence-corrected chi connectivity index (χ3v) is 6.79. The van der Waals surface area contributed by atoms with E-state index in [9.17, 15) is 8.42 Å². The molecule has 3 aromatic heterocycles. The van der Waals surface area contributed by atoms with Gasteiger partial charge in [0.25, 0.3) is 0 Å². The predicted octanol–water partition coefficient (Wildman–Crippen LogP) is 3.30. The Morgan fingerprint density at radius 2 is 2.14 bits per heavy atom. The number of hydrogen-bond donors (Lipinski definition) is 1. The fraction of sp³-hybridized carbons (Fsp3) is 0.154. The molecule has 3 rings (SSSR count). The minimum Gasteiger partial charge on any atom is -0.264 e. The maximum absolute atomic E-state index is 12.2. The fourth-order valence-corrected chi connectivity index (χ4v) is 4.98. The van der Waals surface area contributed by atoms with E-state index in [0.29, 0.717) is 17.2 Å². The van der Waals surface area contributed by atoms with Crippen LogP contribution in [0.15, 0.2) is 46.2 Å². The lowest BCUT2D eigenvalue weighted by molar-refractivity contribution is 0.584. The second kappa shape index (κ2) is 6.85. The van der Waals surface area contributed by atoms with E-state index in [-0.39, 0.29) is 12.4 Å². The maximum Gasteiger partial charge on any atom is 0.250 e. The van der Waals surface area contributed by atoms with Gasteiger partial charge in [0.2, 0.25) is 10.0 Å². The molecule has 0 spiro atoms. The van der Waals surface area contributed by atoms with Crippen molar-refractivity contribution in [3.63, 3.8) is 0 Å². The van der Waals surface area contributed by atoms with E-state index in [1.165, 1.54) is 16.2 Å². The highest BCUT2D eigenvalue weighted by molar-refractivity contribution is 7.91. The summed E-state index contributed by atoms with van der Waals surface area (Å²) in [5.74, 6) is 0. The molecular weight excluding hydrogens is 348 g/mol. The molecule has 0 aromatic carbocycles. The smallest absolute Gasteiger partial charge is 0.250 e. The molecule has 3 aromatic rings. The van der Waals surface area contributed by atoms with Gasteiger partial charge >= 0.3 is 0 Å². The van der Waals surface area contributed by atoms with Gasteiger partial charge in [0, 0.05) is 33.9 Å². The largest absolute Gasteiger partial charge is 0.264 e. The van der Waals surface area contributed by atoms with Gasteiger partial charge in [-0.2, -0.15) is 0 Å². The molecule has 0 aliphatic rings. The molecule has 0 unspecified atom stereocenters. The van der Waals surface area contributed by atoms with E-state index in [1.54, 1.807) is 29.8 Å². The Hall–Kier alpha value is -0.990. The zero-order chi connectivity index (χ0) is 14.0. The lowest BCUT2D eigenvalue weighted by Gasteiger charge is -2.03. The number of nitrogens with one attached hydrogen (secondary N) is 1. The monoisotopic (exact) mass is 360 g/mol. The van der Waals surface area contributed by atoms with Crippen molar-refractivity contribution in [1.29, 1.82) is 0 Å². The van der Waals surface area contributed by atoms with E-state index in [1.807, 2.05) is 23.6 Å². The van der Waals surface area contributed by atoms with Gasteiger partial charge in [0.05, 0.1) is 0 Å². The minimum atomic E-state index is -3.43. The number of hydrogen-bond acceptors (Lipinski definition) is 5. The van der Waals surface area contributed by atoms with Gasteiger partial charge < -0.3 is 0 Å². The molecule has 0 bridgehead atoms. The van der Waals surface area contributed by atoms with E-state index >= 15 is 0 Å². The summed E-state index contributed by atoms with van der Waals surface area (Å²) < 4.78 is 28.3. The first-order valence-corrected chi connectivity index (χ1v) is 9.19. The Morgan fingerprint density at radius 1 is 1.29 bits per heavy atom. The molecule has 0 atom stereocenters. The van der Waals surface area contributed by atoms with E-state index in [4.69, 9.17) is 0 Å². The van der Waals surface area contributed by atoms with Crippen LogP contribution in [-0.4, -0.2) is 19.9 Å². The van der Waals surface area contributed by atoms with Crippen LogP contribution in [0, 0.1) is 0 Å². The van der Waals surface area contributed by atoms with Crippen LogP contribution >= 0.6 is 35.1 Å². The van der Waals surface area contributed by atoms with Crippen LogP contribution in [0.1, 0.15) is 4.88 Å². The summed E-state index contributed by atoms with van der Waals surface area (Å²) in [6.45, 7) is 0.412. The molecule has 0 aliphatic carbocycles. The first-order valence-electron chi connectivity index (χ1n) is 6.01. The summed E-state index contributed by atoms with van der Waals surface area (Å²) >= 11 is 2.90. The topological polar surface area (TPSA) is 59.1 Å². The molecule has 1 N–H and O–H groups in total. The lowest BCUT2D eigenvalue weighted by Crippen LogP contribution is -2.25. The van der Waals surface area contributed by atoms with Crippen LogP contribution in [0.3, 0.4) is 0 Å². The first-order chi connectivity index (χ1) is 9.65. The highest BCUT2D eigenvalue weighted by Gasteiger charge is 2.16. The number of nitrogens with zero attached hydrogens (tertiary/aromatic N) is 1. The van der Waals surface area contributed by atoms with Crippen molar-refractivity contribution in [3.8, 4) is 0 Å². The molecule has 112 valence electrons. The molecule has 0 saturated carbocycles. The van der Waals surface area contributed by atoms with Crippen molar-refractivity contribution in [2.45, 2.75) is 10.6 Å². The molecular formula is C13H13ClN2O2S3. The van der Waals surface area contributed by atoms with Gasteiger partial charge in [-0.05, 0) is 30.0 Å². The number of aromatic nitrogens is 1. The van der Waals surface area contributed by atoms with Crippen molar-refractivity contribution in [3.05, 3.63) is 46.9 Å². The molecule has 21 heavy (non-hydrogen) atoms. The number of fused-ring (bicyclic) bond motifs is 1. The Kier molecular flexibility index (Phi) is 5.34. The summed E-state index contributed by atoms with van der Waals surface area (Å²) in [5, 5.41) is 2.85. The average molecular weight is 361 g/mol. The zero-order valence-corrected chi connectivity index (χ0v) is 14.1. The highest BCUT2D eigenvalue weighted by atomic mass is 35.5. The second-order valence-electron chi connectivity index (χ2n) is 4.21. The molecule has 3 heterocycles. The van der Waals surface area contributed by atoms with Gasteiger partial charge in [0.15, 0.2) is 0 Å². The zero-order valence-electron chi connectivity index (χ0n) is 10.9. The molecule has 8 heteroatoms. The third kappa shape index (κ3) is 3.81. The Labute approximate surface area is 137 Å². The normalized spacial score (nSPS) is 11.4. The summed E-state index contributed by atoms with van der Waals surface area (Å²) in [6, 6.07) is 7.46. The molecule has 0 aliphatic heterocycles. The van der Waals surface area contributed by atoms with Crippen LogP contribution in [0.5, 0.6) is 0 Å². The van der Waals surface area contributed by atoms with Crippen molar-refractivity contribution in [2.75, 3.05) is 6.54 Å². The highest BCUT2D eigenvalue weighted by Crippen LogP contribution is 2.27. The van der Waals surface area contributed by atoms with Crippen LogP contribution < -0.4 is 4.72 Å². The summed E-state index contributed by atoms with van der Waals surface area (Å²) in [4.78, 5) is 5.17. The van der Waals surface area contributed by atoms with Crippen LogP contribution in [0.2, 0.25) is 0 Å². The predicted molar refractivity (Wildman–Crippen MR) is 90.1 cm³/mol. The van der Waals surface area contributed by atoms with Crippen molar-refractivity contribution >= 4 is 55.2 Å². The standard InChI is InChI=1S/C13H12N2O2S3.ClH/c16-20(17,15-6-3-11-2-1-7-18-11)13-8-10-9-14-5-4-12(10)19-13;/h1-2,4-5,7-9,15H,3,6H2;1H. The summed E-state index contributed by atoms with van der Waals surface area (Å²) in [6.07, 6.45) is 4.05. The van der Waals surface area contributed by atoms with Crippen molar-refractivity contribution < 1.29 is 8.42 Å². The Morgan fingerprint density at radius 3 is 2.86 bits per heavy atom. The number of rotatable bonds is 5. The van der Waals surface area contributed by atoms with Gasteiger partial charge in [-0.25, -0.2) is 13.1 Å². The summed E-state index contributed by atoms with van der Waals surface area (Å²) in [5.41, 5.74) is 0. The van der Waals surface area contributed by atoms with Crippen LogP contribution in [-0.2, 0) is 16.4 Å². The molecule has 0 fully saturated rings. The second-order valence-corrected chi connectivity index (χ2v) is 8.32. The average Bonchev–Trinajstić information content (AvgIpc) is 3.07. The van der Waals surface area contributed by atoms with E-state index < -0.39 is 10.0 Å². The van der Waals surface area contributed by atoms with Gasteiger partial charge in [-0.3, -0.25) is 4.98 Å². The summed E-state index contributed by atoms with van der Waals surface area (Å²) in [7, 11) is -3.43. The SMILES string of the molecule is Cl.O=S(=O)(NCCc1cccs1)c1cc2cnccc2s1. The number of sulfonamides is 1. The van der Waals surface area contributed by atoms with Crippen LogP contribution in [0.4, 0.5) is 0 Å². The fourth-order valence-electron chi connectivity index (χ4n) is 1.83. The Bertz CT molecular complexity index is 780. The van der Waals surface area contributed by atoms with E-state index in [2.05, 4.69) is 9.71 Å². The molecule has 0 radical (unpaired) electrons. The minimum absolute atomic E-state index is 0. The number of thiophene rings is 2. The molecule has 0 amide bonds. The van der Waals surface area contributed by atoms with E-state index in [0.717, 1.165) is 10.1 Å². The van der Waals surface area contributed by atoms with Gasteiger partial charge in [0.1, 0.15) is 4.21 Å². The van der Waals surface area contributed by atoms with Crippen molar-refractivity contribution in [2.24, 2.45) is 0 Å². The number of pyridine rings is 1. The van der Waals surface area contributed by atoms with Gasteiger partial charge in [-0.15, -0.1) is 35.1 Å². The van der Waals surface area contributed by atoms with Gasteiger partial charge in [-0.1, -0.05) is 6.07 Å². The number of halogens is 1. The van der Waals surface area contributed by atoms with Crippen molar-refractivity contribution in [1.82, 2.24) is 9.71 Å². The Balaban J connectivity index is 0.00000161. The quantitative estimate of drug-likeness (QED) is 0.759. The first kappa shape index (κ1) is 16.4. The van der Waals surface area contributed by atoms with Crippen LogP contribution in [0.25, 0.3) is 10.1 Å².